The molecule has 0 aromatic heterocycles. The van der Waals surface area contributed by atoms with E-state index in [2.05, 4.69) is 5.32 Å². The number of carbonyl (C=O) groups is 2. The molecule has 1 atom stereocenters. The predicted octanol–water partition coefficient (Wildman–Crippen LogP) is 5.61. The average Bonchev–Trinajstić information content (AvgIpc) is 3.27. The number of nitrogens with one attached hydrogen (secondary N) is 1. The summed E-state index contributed by atoms with van der Waals surface area (Å²) < 4.78 is 0. The van der Waals surface area contributed by atoms with Crippen molar-refractivity contribution in [3.05, 3.63) is 64.7 Å². The Hall–Kier alpha value is -1.98. The summed E-state index contributed by atoms with van der Waals surface area (Å²) in [6.07, 6.45) is 4.89. The third-order valence-electron chi connectivity index (χ3n) is 5.77. The maximum atomic E-state index is 13.3. The van der Waals surface area contributed by atoms with Gasteiger partial charge in [-0.25, -0.2) is 0 Å². The fourth-order valence-electron chi connectivity index (χ4n) is 3.96. The Balaban J connectivity index is 1.76. The standard InChI is InChI=1S/C25H31ClN2O2S/c1-3-23(25(30)27-20-9-5-6-10-20)28(16-19-8-4-7-11-22(19)26)24(29)17-31-21-14-12-18(2)13-15-21/h4,7-8,11-15,20,23H,3,5-6,9-10,16-17H2,1-2H3,(H,27,30)/t23-/m0/s1. The molecule has 6 heteroatoms. The molecule has 0 spiro atoms. The first-order valence-corrected chi connectivity index (χ1v) is 12.4. The number of benzene rings is 2. The number of hydrogen-bond acceptors (Lipinski definition) is 3. The molecule has 166 valence electrons. The van der Waals surface area contributed by atoms with Gasteiger partial charge in [-0.05, 0) is 49.9 Å². The number of carbonyl (C=O) groups excluding carboxylic acids is 2. The molecule has 3 rings (SSSR count). The van der Waals surface area contributed by atoms with Gasteiger partial charge in [0, 0.05) is 22.5 Å². The van der Waals surface area contributed by atoms with Crippen LogP contribution in [0.5, 0.6) is 0 Å². The molecule has 4 nitrogen and oxygen atoms in total. The van der Waals surface area contributed by atoms with Crippen molar-refractivity contribution in [3.63, 3.8) is 0 Å². The monoisotopic (exact) mass is 458 g/mol. The molecule has 0 radical (unpaired) electrons. The molecule has 0 aliphatic heterocycles. The van der Waals surface area contributed by atoms with E-state index < -0.39 is 6.04 Å². The van der Waals surface area contributed by atoms with Gasteiger partial charge in [-0.15, -0.1) is 11.8 Å². The molecule has 31 heavy (non-hydrogen) atoms. The second-order valence-electron chi connectivity index (χ2n) is 8.13. The van der Waals surface area contributed by atoms with E-state index in [4.69, 9.17) is 11.6 Å². The smallest absolute Gasteiger partial charge is 0.243 e. The van der Waals surface area contributed by atoms with Crippen LogP contribution in [0.2, 0.25) is 5.02 Å². The van der Waals surface area contributed by atoms with Crippen LogP contribution < -0.4 is 5.32 Å². The van der Waals surface area contributed by atoms with Crippen molar-refractivity contribution in [1.29, 1.82) is 0 Å². The Bertz CT molecular complexity index is 881. The van der Waals surface area contributed by atoms with Crippen LogP contribution in [0.4, 0.5) is 0 Å². The van der Waals surface area contributed by atoms with Gasteiger partial charge in [0.05, 0.1) is 5.75 Å². The summed E-state index contributed by atoms with van der Waals surface area (Å²) in [6, 6.07) is 15.3. The van der Waals surface area contributed by atoms with E-state index in [-0.39, 0.29) is 23.6 Å². The van der Waals surface area contributed by atoms with Crippen molar-refractivity contribution < 1.29 is 9.59 Å². The molecule has 0 saturated heterocycles. The van der Waals surface area contributed by atoms with E-state index in [1.54, 1.807) is 4.90 Å². The van der Waals surface area contributed by atoms with Crippen molar-refractivity contribution in [3.8, 4) is 0 Å². The minimum atomic E-state index is -0.511. The van der Waals surface area contributed by atoms with Crippen LogP contribution in [-0.4, -0.2) is 34.6 Å². The van der Waals surface area contributed by atoms with Crippen LogP contribution in [0.3, 0.4) is 0 Å². The second kappa shape index (κ2) is 11.6. The molecule has 1 N–H and O–H groups in total. The number of thioether (sulfide) groups is 1. The van der Waals surface area contributed by atoms with E-state index in [9.17, 15) is 9.59 Å². The van der Waals surface area contributed by atoms with Gasteiger partial charge in [-0.2, -0.15) is 0 Å². The highest BCUT2D eigenvalue weighted by atomic mass is 35.5. The predicted molar refractivity (Wildman–Crippen MR) is 128 cm³/mol. The van der Waals surface area contributed by atoms with E-state index in [0.717, 1.165) is 36.1 Å². The molecule has 2 aromatic carbocycles. The zero-order chi connectivity index (χ0) is 22.2. The maximum Gasteiger partial charge on any atom is 0.243 e. The van der Waals surface area contributed by atoms with Gasteiger partial charge >= 0.3 is 0 Å². The largest absolute Gasteiger partial charge is 0.352 e. The molecular formula is C25H31ClN2O2S. The van der Waals surface area contributed by atoms with Gasteiger partial charge in [0.1, 0.15) is 6.04 Å². The molecule has 2 amide bonds. The molecule has 2 aromatic rings. The van der Waals surface area contributed by atoms with Crippen molar-refractivity contribution in [2.75, 3.05) is 5.75 Å². The molecule has 1 aliphatic rings. The highest BCUT2D eigenvalue weighted by Crippen LogP contribution is 2.24. The normalized spacial score (nSPS) is 14.9. The summed E-state index contributed by atoms with van der Waals surface area (Å²) in [5.41, 5.74) is 2.04. The minimum Gasteiger partial charge on any atom is -0.352 e. The molecule has 1 aliphatic carbocycles. The van der Waals surface area contributed by atoms with Gasteiger partial charge in [0.2, 0.25) is 11.8 Å². The van der Waals surface area contributed by atoms with Crippen molar-refractivity contribution in [2.45, 2.75) is 69.5 Å². The van der Waals surface area contributed by atoms with Crippen molar-refractivity contribution in [2.24, 2.45) is 0 Å². The Morgan fingerprint density at radius 3 is 2.45 bits per heavy atom. The lowest BCUT2D eigenvalue weighted by Crippen LogP contribution is -2.51. The summed E-state index contributed by atoms with van der Waals surface area (Å²) in [5, 5.41) is 3.78. The molecule has 0 heterocycles. The molecule has 0 bridgehead atoms. The van der Waals surface area contributed by atoms with Crippen LogP contribution in [0.15, 0.2) is 53.4 Å². The summed E-state index contributed by atoms with van der Waals surface area (Å²) >= 11 is 7.88. The fraction of sp³-hybridized carbons (Fsp3) is 0.440. The lowest BCUT2D eigenvalue weighted by atomic mass is 10.1. The first-order valence-electron chi connectivity index (χ1n) is 11.0. The SMILES string of the molecule is CC[C@@H](C(=O)NC1CCCC1)N(Cc1ccccc1Cl)C(=O)CSc1ccc(C)cc1. The van der Waals surface area contributed by atoms with Crippen LogP contribution >= 0.6 is 23.4 Å². The third kappa shape index (κ3) is 6.75. The lowest BCUT2D eigenvalue weighted by molar-refractivity contribution is -0.139. The van der Waals surface area contributed by atoms with Crippen molar-refractivity contribution >= 4 is 35.2 Å². The number of nitrogens with zero attached hydrogens (tertiary/aromatic N) is 1. The summed E-state index contributed by atoms with van der Waals surface area (Å²) in [7, 11) is 0. The Kier molecular flexibility index (Phi) is 8.85. The third-order valence-corrected chi connectivity index (χ3v) is 7.13. The molecule has 1 saturated carbocycles. The average molecular weight is 459 g/mol. The van der Waals surface area contributed by atoms with Gasteiger partial charge in [-0.1, -0.05) is 67.3 Å². The number of halogens is 1. The molecule has 1 fully saturated rings. The summed E-state index contributed by atoms with van der Waals surface area (Å²) in [5.74, 6) is 0.162. The fourth-order valence-corrected chi connectivity index (χ4v) is 4.94. The van der Waals surface area contributed by atoms with Crippen LogP contribution in [0, 0.1) is 6.92 Å². The van der Waals surface area contributed by atoms with Gasteiger partial charge in [0.25, 0.3) is 0 Å². The summed E-state index contributed by atoms with van der Waals surface area (Å²) in [6.45, 7) is 4.32. The van der Waals surface area contributed by atoms with Crippen LogP contribution in [0.1, 0.15) is 50.2 Å². The second-order valence-corrected chi connectivity index (χ2v) is 9.58. The number of aryl methyl sites for hydroxylation is 1. The topological polar surface area (TPSA) is 49.4 Å². The van der Waals surface area contributed by atoms with E-state index in [1.165, 1.54) is 17.3 Å². The van der Waals surface area contributed by atoms with E-state index in [1.807, 2.05) is 62.4 Å². The number of rotatable bonds is 9. The Labute approximate surface area is 194 Å². The van der Waals surface area contributed by atoms with Gasteiger partial charge < -0.3 is 10.2 Å². The molecule has 0 unspecified atom stereocenters. The van der Waals surface area contributed by atoms with E-state index >= 15 is 0 Å². The minimum absolute atomic E-state index is 0.0566. The Morgan fingerprint density at radius 2 is 1.81 bits per heavy atom. The van der Waals surface area contributed by atoms with Crippen LogP contribution in [0.25, 0.3) is 0 Å². The highest BCUT2D eigenvalue weighted by Gasteiger charge is 2.30. The maximum absolute atomic E-state index is 13.3. The van der Waals surface area contributed by atoms with Crippen LogP contribution in [-0.2, 0) is 16.1 Å². The van der Waals surface area contributed by atoms with Crippen molar-refractivity contribution in [1.82, 2.24) is 10.2 Å². The number of amides is 2. The van der Waals surface area contributed by atoms with E-state index in [0.29, 0.717) is 18.0 Å². The quantitative estimate of drug-likeness (QED) is 0.497. The number of hydrogen-bond donors (Lipinski definition) is 1. The highest BCUT2D eigenvalue weighted by molar-refractivity contribution is 8.00. The zero-order valence-corrected chi connectivity index (χ0v) is 19.8. The zero-order valence-electron chi connectivity index (χ0n) is 18.3. The Morgan fingerprint density at radius 1 is 1.13 bits per heavy atom. The first-order chi connectivity index (χ1) is 15.0. The molecular weight excluding hydrogens is 428 g/mol. The lowest BCUT2D eigenvalue weighted by Gasteiger charge is -2.31. The summed E-state index contributed by atoms with van der Waals surface area (Å²) in [4.78, 5) is 29.2. The first kappa shape index (κ1) is 23.7. The van der Waals surface area contributed by atoms with Gasteiger partial charge in [0.15, 0.2) is 0 Å². The van der Waals surface area contributed by atoms with Gasteiger partial charge in [-0.3, -0.25) is 9.59 Å².